The number of nitro groups is 1. The minimum atomic E-state index is -0.626. The summed E-state index contributed by atoms with van der Waals surface area (Å²) < 4.78 is 2.42. The maximum atomic E-state index is 13.1. The van der Waals surface area contributed by atoms with Gasteiger partial charge < -0.3 is 0 Å². The number of carbonyl (C=O) groups is 3. The molecule has 2 aliphatic rings. The molecular formula is C30H24N6O5S2. The van der Waals surface area contributed by atoms with Crippen LogP contribution in [0.25, 0.3) is 16.3 Å². The lowest BCUT2D eigenvalue weighted by atomic mass is 9.81. The summed E-state index contributed by atoms with van der Waals surface area (Å²) in [4.78, 5) is 56.7. The topological polar surface area (TPSA) is 152 Å². The number of amides is 2. The number of hydrogen-bond acceptors (Lipinski definition) is 10. The van der Waals surface area contributed by atoms with Crippen molar-refractivity contribution in [1.82, 2.24) is 14.8 Å². The summed E-state index contributed by atoms with van der Waals surface area (Å²) in [6.07, 6.45) is 4.68. The van der Waals surface area contributed by atoms with Gasteiger partial charge in [0.1, 0.15) is 11.6 Å². The smallest absolute Gasteiger partial charge is 0.274 e. The van der Waals surface area contributed by atoms with Crippen molar-refractivity contribution in [2.45, 2.75) is 48.8 Å². The fourth-order valence-electron chi connectivity index (χ4n) is 5.70. The van der Waals surface area contributed by atoms with Crippen LogP contribution in [0.15, 0.2) is 57.3 Å². The third-order valence-corrected chi connectivity index (χ3v) is 9.84. The first-order chi connectivity index (χ1) is 20.6. The van der Waals surface area contributed by atoms with Crippen LogP contribution in [0.1, 0.15) is 47.4 Å². The first kappa shape index (κ1) is 28.4. The second-order valence-electron chi connectivity index (χ2n) is 10.5. The molecule has 6 rings (SSSR count). The summed E-state index contributed by atoms with van der Waals surface area (Å²) in [6.45, 7) is 3.43. The van der Waals surface area contributed by atoms with E-state index in [0.29, 0.717) is 37.4 Å². The zero-order chi connectivity index (χ0) is 30.4. The van der Waals surface area contributed by atoms with Gasteiger partial charge in [0.05, 0.1) is 43.3 Å². The minimum absolute atomic E-state index is 0.144. The Morgan fingerprint density at radius 2 is 1.84 bits per heavy atom. The van der Waals surface area contributed by atoms with Crippen LogP contribution >= 0.6 is 23.1 Å². The Morgan fingerprint density at radius 1 is 1.12 bits per heavy atom. The number of fused-ring (bicyclic) bond motifs is 2. The Bertz CT molecular complexity index is 1900. The molecule has 2 aromatic carbocycles. The predicted octanol–water partition coefficient (Wildman–Crippen LogP) is 6.10. The normalized spacial score (nSPS) is 18.6. The number of thiazole rings is 1. The minimum Gasteiger partial charge on any atom is -0.274 e. The van der Waals surface area contributed by atoms with Crippen molar-refractivity contribution in [3.05, 3.63) is 75.1 Å². The average Bonchev–Trinajstić information content (AvgIpc) is 3.63. The number of aryl methyl sites for hydroxylation is 2. The monoisotopic (exact) mass is 612 g/mol. The number of allylic oxidation sites excluding steroid dienone is 1. The number of aromatic nitrogens is 3. The number of hydrogen-bond donors (Lipinski definition) is 0. The van der Waals surface area contributed by atoms with Crippen molar-refractivity contribution in [2.24, 2.45) is 11.8 Å². The third-order valence-electron chi connectivity index (χ3n) is 7.69. The molecule has 2 aromatic heterocycles. The number of anilines is 1. The summed E-state index contributed by atoms with van der Waals surface area (Å²) >= 11 is 2.42. The first-order valence-corrected chi connectivity index (χ1v) is 15.2. The van der Waals surface area contributed by atoms with E-state index in [-0.39, 0.29) is 34.9 Å². The van der Waals surface area contributed by atoms with E-state index in [4.69, 9.17) is 0 Å². The standard InChI is InChI=1S/C30H24N6O5S2/c1-16-11-17(2)35(33-16)27(37)19(15-31)12-18-7-10-25(24(13-18)36(40)41)42-30-32-23-9-8-20(14-26(23)43-30)34-28(38)21-5-3-4-6-22(21)29(34)39/h7-14,21-22H,3-6H2,1-2H3/b19-12+/t21-,22-/m0/s1. The highest BCUT2D eigenvalue weighted by molar-refractivity contribution is 8.01. The van der Waals surface area contributed by atoms with Gasteiger partial charge in [0.2, 0.25) is 11.8 Å². The molecule has 0 N–H and O–H groups in total. The molecule has 1 aliphatic heterocycles. The van der Waals surface area contributed by atoms with E-state index >= 15 is 0 Å². The Morgan fingerprint density at radius 3 is 2.47 bits per heavy atom. The molecule has 13 heteroatoms. The van der Waals surface area contributed by atoms with E-state index in [1.807, 2.05) is 6.07 Å². The van der Waals surface area contributed by atoms with Crippen molar-refractivity contribution >= 4 is 68.5 Å². The molecule has 216 valence electrons. The van der Waals surface area contributed by atoms with Gasteiger partial charge in [-0.15, -0.1) is 11.3 Å². The Kier molecular flexibility index (Phi) is 7.41. The highest BCUT2D eigenvalue weighted by Gasteiger charge is 2.48. The molecule has 4 aromatic rings. The molecule has 43 heavy (non-hydrogen) atoms. The quantitative estimate of drug-likeness (QED) is 0.0827. The average molecular weight is 613 g/mol. The second kappa shape index (κ2) is 11.2. The van der Waals surface area contributed by atoms with E-state index in [0.717, 1.165) is 46.8 Å². The molecule has 1 saturated carbocycles. The molecule has 2 amide bonds. The molecule has 0 spiro atoms. The van der Waals surface area contributed by atoms with Crippen LogP contribution in [-0.4, -0.2) is 37.4 Å². The van der Waals surface area contributed by atoms with Crippen molar-refractivity contribution in [1.29, 1.82) is 5.26 Å². The van der Waals surface area contributed by atoms with Crippen LogP contribution in [0, 0.1) is 47.1 Å². The molecule has 3 heterocycles. The van der Waals surface area contributed by atoms with Gasteiger partial charge in [0, 0.05) is 11.8 Å². The van der Waals surface area contributed by atoms with Gasteiger partial charge in [-0.2, -0.15) is 10.4 Å². The molecule has 2 atom stereocenters. The van der Waals surface area contributed by atoms with Crippen molar-refractivity contribution in [2.75, 3.05) is 4.90 Å². The summed E-state index contributed by atoms with van der Waals surface area (Å²) in [5.74, 6) is -1.41. The van der Waals surface area contributed by atoms with E-state index in [1.54, 1.807) is 50.2 Å². The van der Waals surface area contributed by atoms with Crippen LogP contribution in [0.2, 0.25) is 0 Å². The number of nitrogens with zero attached hydrogens (tertiary/aromatic N) is 6. The number of carbonyl (C=O) groups excluding carboxylic acids is 3. The molecule has 2 fully saturated rings. The van der Waals surface area contributed by atoms with Gasteiger partial charge in [0.15, 0.2) is 4.34 Å². The molecule has 0 bridgehead atoms. The first-order valence-electron chi connectivity index (χ1n) is 13.6. The molecule has 1 saturated heterocycles. The van der Waals surface area contributed by atoms with Gasteiger partial charge >= 0.3 is 0 Å². The molecule has 1 aliphatic carbocycles. The van der Waals surface area contributed by atoms with E-state index in [1.165, 1.54) is 28.4 Å². The van der Waals surface area contributed by atoms with E-state index in [9.17, 15) is 29.8 Å². The van der Waals surface area contributed by atoms with Crippen molar-refractivity contribution in [3.8, 4) is 6.07 Å². The molecule has 11 nitrogen and oxygen atoms in total. The van der Waals surface area contributed by atoms with Crippen molar-refractivity contribution in [3.63, 3.8) is 0 Å². The van der Waals surface area contributed by atoms with Crippen molar-refractivity contribution < 1.29 is 19.3 Å². The zero-order valence-corrected chi connectivity index (χ0v) is 24.8. The van der Waals surface area contributed by atoms with Gasteiger partial charge in [-0.3, -0.25) is 29.4 Å². The number of rotatable bonds is 6. The highest BCUT2D eigenvalue weighted by atomic mass is 32.2. The lowest BCUT2D eigenvalue weighted by Crippen LogP contribution is -2.30. The van der Waals surface area contributed by atoms with E-state index in [2.05, 4.69) is 10.1 Å². The lowest BCUT2D eigenvalue weighted by Gasteiger charge is -2.19. The van der Waals surface area contributed by atoms with E-state index < -0.39 is 10.8 Å². The molecular weight excluding hydrogens is 589 g/mol. The number of nitro benzene ring substituents is 1. The molecule has 0 unspecified atom stereocenters. The summed E-state index contributed by atoms with van der Waals surface area (Å²) in [6, 6.07) is 13.3. The SMILES string of the molecule is Cc1cc(C)n(C(=O)/C(C#N)=C/c2ccc(Sc3nc4ccc(N5C(=O)[C@H]6CCCC[C@@H]6C5=O)cc4s3)c([N+](=O)[O-])c2)n1. The van der Waals surface area contributed by atoms with Crippen LogP contribution in [-0.2, 0) is 9.59 Å². The Balaban J connectivity index is 1.26. The highest BCUT2D eigenvalue weighted by Crippen LogP contribution is 2.43. The number of imide groups is 1. The summed E-state index contributed by atoms with van der Waals surface area (Å²) in [5.41, 5.74) is 2.27. The number of benzene rings is 2. The fourth-order valence-corrected chi connectivity index (χ4v) is 7.84. The van der Waals surface area contributed by atoms with Gasteiger partial charge in [-0.1, -0.05) is 30.7 Å². The summed E-state index contributed by atoms with van der Waals surface area (Å²) in [7, 11) is 0. The van der Waals surface area contributed by atoms with Gasteiger partial charge in [0.25, 0.3) is 11.6 Å². The van der Waals surface area contributed by atoms with Gasteiger partial charge in [-0.05, 0) is 68.7 Å². The summed E-state index contributed by atoms with van der Waals surface area (Å²) in [5, 5.41) is 25.7. The Labute approximate surface area is 254 Å². The maximum absolute atomic E-state index is 13.1. The van der Waals surface area contributed by atoms with Crippen LogP contribution < -0.4 is 4.90 Å². The second-order valence-corrected chi connectivity index (χ2v) is 12.9. The largest absolute Gasteiger partial charge is 0.289 e. The van der Waals surface area contributed by atoms with Crippen LogP contribution in [0.5, 0.6) is 0 Å². The number of nitriles is 1. The maximum Gasteiger partial charge on any atom is 0.289 e. The Hall–Kier alpha value is -4.67. The van der Waals surface area contributed by atoms with Crippen LogP contribution in [0.3, 0.4) is 0 Å². The predicted molar refractivity (Wildman–Crippen MR) is 161 cm³/mol. The van der Waals surface area contributed by atoms with Crippen LogP contribution in [0.4, 0.5) is 11.4 Å². The lowest BCUT2D eigenvalue weighted by molar-refractivity contribution is -0.387. The fraction of sp³-hybridized carbons (Fsp3) is 0.267. The molecule has 0 radical (unpaired) electrons. The van der Waals surface area contributed by atoms with Gasteiger partial charge in [-0.25, -0.2) is 9.67 Å². The third kappa shape index (κ3) is 5.24. The zero-order valence-electron chi connectivity index (χ0n) is 23.1.